The van der Waals surface area contributed by atoms with Crippen LogP contribution in [0.2, 0.25) is 0 Å². The van der Waals surface area contributed by atoms with Crippen molar-refractivity contribution >= 4 is 11.9 Å². The second-order valence-corrected chi connectivity index (χ2v) is 4.88. The van der Waals surface area contributed by atoms with E-state index in [1.807, 2.05) is 0 Å². The Kier molecular flexibility index (Phi) is 19.5. The fourth-order valence-electron chi connectivity index (χ4n) is 1.52. The molecular formula is C17H30O10. The molecule has 0 spiro atoms. The van der Waals surface area contributed by atoms with Crippen molar-refractivity contribution in [3.05, 3.63) is 12.7 Å². The standard InChI is InChI=1S/C17H30O10/c1-2-17(20)27-14-13-25-10-9-23-6-5-21-3-4-22-7-8-24-11-12-26-15-16(18)19/h2H,1,3-15H2,(H,18,19). The Balaban J connectivity index is 3.04. The number of carboxylic acids is 1. The molecule has 10 nitrogen and oxygen atoms in total. The zero-order valence-electron chi connectivity index (χ0n) is 15.6. The summed E-state index contributed by atoms with van der Waals surface area (Å²) in [5, 5.41) is 8.35. The van der Waals surface area contributed by atoms with E-state index < -0.39 is 11.9 Å². The van der Waals surface area contributed by atoms with Crippen LogP contribution < -0.4 is 0 Å². The van der Waals surface area contributed by atoms with Crippen LogP contribution in [0.4, 0.5) is 0 Å². The predicted octanol–water partition coefficient (Wildman–Crippen LogP) is -0.100. The zero-order valence-corrected chi connectivity index (χ0v) is 15.6. The van der Waals surface area contributed by atoms with Crippen LogP contribution in [0.15, 0.2) is 12.7 Å². The lowest BCUT2D eigenvalue weighted by Crippen LogP contribution is -2.15. The van der Waals surface area contributed by atoms with E-state index in [9.17, 15) is 9.59 Å². The molecule has 0 aromatic carbocycles. The largest absolute Gasteiger partial charge is 0.480 e. The van der Waals surface area contributed by atoms with Gasteiger partial charge in [0.05, 0.1) is 72.7 Å². The first-order valence-corrected chi connectivity index (χ1v) is 8.64. The molecule has 0 aliphatic rings. The molecule has 0 aliphatic carbocycles. The minimum absolute atomic E-state index is 0.192. The molecule has 1 N–H and O–H groups in total. The van der Waals surface area contributed by atoms with E-state index >= 15 is 0 Å². The minimum Gasteiger partial charge on any atom is -0.480 e. The van der Waals surface area contributed by atoms with Crippen molar-refractivity contribution in [1.29, 1.82) is 0 Å². The van der Waals surface area contributed by atoms with E-state index in [-0.39, 0.29) is 19.8 Å². The molecule has 10 heteroatoms. The maximum absolute atomic E-state index is 10.7. The van der Waals surface area contributed by atoms with Gasteiger partial charge in [-0.25, -0.2) is 9.59 Å². The third-order valence-corrected chi connectivity index (χ3v) is 2.72. The van der Waals surface area contributed by atoms with Crippen molar-refractivity contribution in [1.82, 2.24) is 0 Å². The first kappa shape index (κ1) is 25.4. The molecule has 0 aliphatic heterocycles. The van der Waals surface area contributed by atoms with Crippen molar-refractivity contribution in [3.63, 3.8) is 0 Å². The van der Waals surface area contributed by atoms with Crippen molar-refractivity contribution in [2.75, 3.05) is 85.9 Å². The van der Waals surface area contributed by atoms with Crippen LogP contribution in [0.1, 0.15) is 0 Å². The van der Waals surface area contributed by atoms with Gasteiger partial charge in [-0.3, -0.25) is 0 Å². The number of carbonyl (C=O) groups is 2. The monoisotopic (exact) mass is 394 g/mol. The van der Waals surface area contributed by atoms with Gasteiger partial charge >= 0.3 is 11.9 Å². The molecule has 27 heavy (non-hydrogen) atoms. The maximum atomic E-state index is 10.7. The molecular weight excluding hydrogens is 364 g/mol. The Morgan fingerprint density at radius 3 is 1.30 bits per heavy atom. The van der Waals surface area contributed by atoms with E-state index in [0.29, 0.717) is 66.1 Å². The van der Waals surface area contributed by atoms with Crippen molar-refractivity contribution < 1.29 is 47.9 Å². The molecule has 0 amide bonds. The third-order valence-electron chi connectivity index (χ3n) is 2.72. The number of hydrogen-bond acceptors (Lipinski definition) is 9. The van der Waals surface area contributed by atoms with Gasteiger partial charge in [-0.15, -0.1) is 0 Å². The lowest BCUT2D eigenvalue weighted by molar-refractivity contribution is -0.143. The van der Waals surface area contributed by atoms with Crippen LogP contribution in [0, 0.1) is 0 Å². The van der Waals surface area contributed by atoms with Gasteiger partial charge < -0.3 is 38.3 Å². The van der Waals surface area contributed by atoms with Gasteiger partial charge in [0.15, 0.2) is 0 Å². The summed E-state index contributed by atoms with van der Waals surface area (Å²) in [7, 11) is 0. The van der Waals surface area contributed by atoms with Gasteiger partial charge in [0.2, 0.25) is 0 Å². The van der Waals surface area contributed by atoms with Crippen LogP contribution >= 0.6 is 0 Å². The summed E-state index contributed by atoms with van der Waals surface area (Å²) in [4.78, 5) is 20.9. The molecule has 0 rings (SSSR count). The first-order chi connectivity index (χ1) is 13.2. The van der Waals surface area contributed by atoms with Gasteiger partial charge in [0, 0.05) is 6.08 Å². The number of rotatable bonds is 21. The zero-order chi connectivity index (χ0) is 20.0. The highest BCUT2D eigenvalue weighted by Gasteiger charge is 1.97. The fourth-order valence-corrected chi connectivity index (χ4v) is 1.52. The molecule has 0 aromatic heterocycles. The van der Waals surface area contributed by atoms with Crippen LogP contribution in [-0.2, 0) is 42.7 Å². The fraction of sp³-hybridized carbons (Fsp3) is 0.765. The lowest BCUT2D eigenvalue weighted by atomic mass is 10.6. The topological polar surface area (TPSA) is 119 Å². The molecule has 0 heterocycles. The molecule has 0 aromatic rings. The molecule has 0 radical (unpaired) electrons. The third kappa shape index (κ3) is 22.4. The lowest BCUT2D eigenvalue weighted by Gasteiger charge is -2.08. The Labute approximate surface area is 159 Å². The normalized spacial score (nSPS) is 10.7. The summed E-state index contributed by atoms with van der Waals surface area (Å²) in [5.74, 6) is -1.47. The van der Waals surface area contributed by atoms with E-state index in [1.165, 1.54) is 0 Å². The van der Waals surface area contributed by atoms with Gasteiger partial charge in [-0.05, 0) is 0 Å². The average Bonchev–Trinajstić information content (AvgIpc) is 2.65. The first-order valence-electron chi connectivity index (χ1n) is 8.64. The highest BCUT2D eigenvalue weighted by atomic mass is 16.6. The Hall–Kier alpha value is -1.56. The summed E-state index contributed by atoms with van der Waals surface area (Å²) < 4.78 is 35.9. The van der Waals surface area contributed by atoms with E-state index in [4.69, 9.17) is 38.3 Å². The summed E-state index contributed by atoms with van der Waals surface area (Å²) in [6.45, 7) is 7.54. The van der Waals surface area contributed by atoms with Crippen LogP contribution in [0.25, 0.3) is 0 Å². The number of ether oxygens (including phenoxy) is 7. The van der Waals surface area contributed by atoms with E-state index in [1.54, 1.807) is 0 Å². The van der Waals surface area contributed by atoms with Gasteiger partial charge in [0.1, 0.15) is 13.2 Å². The number of aliphatic carboxylic acids is 1. The van der Waals surface area contributed by atoms with Crippen LogP contribution in [0.3, 0.4) is 0 Å². The maximum Gasteiger partial charge on any atom is 0.330 e. The van der Waals surface area contributed by atoms with Crippen molar-refractivity contribution in [3.8, 4) is 0 Å². The van der Waals surface area contributed by atoms with Crippen LogP contribution in [-0.4, -0.2) is 103 Å². The summed E-state index contributed by atoms with van der Waals surface area (Å²) in [6, 6.07) is 0. The number of carbonyl (C=O) groups excluding carboxylic acids is 1. The Bertz CT molecular complexity index is 375. The Morgan fingerprint density at radius 2 is 0.963 bits per heavy atom. The van der Waals surface area contributed by atoms with Crippen molar-refractivity contribution in [2.24, 2.45) is 0 Å². The summed E-state index contributed by atoms with van der Waals surface area (Å²) in [6.07, 6.45) is 1.10. The molecule has 0 bridgehead atoms. The van der Waals surface area contributed by atoms with Gasteiger partial charge in [-0.1, -0.05) is 6.58 Å². The Morgan fingerprint density at radius 1 is 0.630 bits per heavy atom. The van der Waals surface area contributed by atoms with Crippen molar-refractivity contribution in [2.45, 2.75) is 0 Å². The average molecular weight is 394 g/mol. The van der Waals surface area contributed by atoms with Gasteiger partial charge in [-0.2, -0.15) is 0 Å². The quantitative estimate of drug-likeness (QED) is 0.161. The second-order valence-electron chi connectivity index (χ2n) is 4.88. The summed E-state index contributed by atoms with van der Waals surface area (Å²) in [5.41, 5.74) is 0. The predicted molar refractivity (Wildman–Crippen MR) is 93.7 cm³/mol. The molecule has 0 fully saturated rings. The van der Waals surface area contributed by atoms with Gasteiger partial charge in [0.25, 0.3) is 0 Å². The summed E-state index contributed by atoms with van der Waals surface area (Å²) >= 11 is 0. The highest BCUT2D eigenvalue weighted by molar-refractivity contribution is 5.81. The van der Waals surface area contributed by atoms with E-state index in [0.717, 1.165) is 6.08 Å². The number of carboxylic acid groups (broad SMARTS) is 1. The van der Waals surface area contributed by atoms with Crippen LogP contribution in [0.5, 0.6) is 0 Å². The highest BCUT2D eigenvalue weighted by Crippen LogP contribution is 1.85. The molecule has 0 unspecified atom stereocenters. The number of hydrogen-bond donors (Lipinski definition) is 1. The second kappa shape index (κ2) is 20.7. The molecule has 0 saturated heterocycles. The minimum atomic E-state index is -0.999. The molecule has 0 saturated carbocycles. The SMILES string of the molecule is C=CC(=O)OCCOCCOCCOCCOCCOCCOCC(=O)O. The van der Waals surface area contributed by atoms with E-state index in [2.05, 4.69) is 6.58 Å². The number of esters is 1. The smallest absolute Gasteiger partial charge is 0.330 e. The molecule has 158 valence electrons. The molecule has 0 atom stereocenters.